The van der Waals surface area contributed by atoms with Crippen LogP contribution in [0.25, 0.3) is 0 Å². The molecule has 0 aliphatic rings. The number of aromatic nitrogens is 1. The Bertz CT molecular complexity index is 666. The standard InChI is InChI=1S/C13H10BrClFN3O/c1-17-12-9(4-7(16)6-18-12)13(20)19-8-2-3-11(15)10(14)5-8/h2-6H,1H3,(H,17,18)(H,19,20). The third-order valence-corrected chi connectivity index (χ3v) is 3.73. The van der Waals surface area contributed by atoms with Crippen molar-refractivity contribution in [2.75, 3.05) is 17.7 Å². The van der Waals surface area contributed by atoms with Gasteiger partial charge in [-0.15, -0.1) is 0 Å². The highest BCUT2D eigenvalue weighted by Crippen LogP contribution is 2.26. The number of nitrogens with one attached hydrogen (secondary N) is 2. The molecule has 0 atom stereocenters. The third-order valence-electron chi connectivity index (χ3n) is 2.51. The quantitative estimate of drug-likeness (QED) is 0.874. The van der Waals surface area contributed by atoms with Crippen molar-refractivity contribution < 1.29 is 9.18 Å². The van der Waals surface area contributed by atoms with Crippen LogP contribution >= 0.6 is 27.5 Å². The van der Waals surface area contributed by atoms with Crippen LogP contribution in [0.4, 0.5) is 15.9 Å². The van der Waals surface area contributed by atoms with Crippen LogP contribution in [0.1, 0.15) is 10.4 Å². The first-order valence-corrected chi connectivity index (χ1v) is 6.78. The summed E-state index contributed by atoms with van der Waals surface area (Å²) in [5.74, 6) is -0.737. The Kier molecular flexibility index (Phi) is 4.57. The van der Waals surface area contributed by atoms with Gasteiger partial charge in [-0.2, -0.15) is 0 Å². The van der Waals surface area contributed by atoms with Crippen molar-refractivity contribution in [1.82, 2.24) is 4.98 Å². The minimum absolute atomic E-state index is 0.124. The van der Waals surface area contributed by atoms with Crippen LogP contribution in [0.3, 0.4) is 0 Å². The van der Waals surface area contributed by atoms with Gasteiger partial charge in [-0.25, -0.2) is 9.37 Å². The van der Waals surface area contributed by atoms with E-state index in [1.165, 1.54) is 0 Å². The first kappa shape index (κ1) is 14.7. The minimum atomic E-state index is -0.577. The first-order valence-electron chi connectivity index (χ1n) is 5.61. The molecule has 1 heterocycles. The maximum absolute atomic E-state index is 13.2. The van der Waals surface area contributed by atoms with Crippen LogP contribution in [0.2, 0.25) is 5.02 Å². The van der Waals surface area contributed by atoms with Crippen LogP contribution in [0.15, 0.2) is 34.9 Å². The number of hydrogen-bond acceptors (Lipinski definition) is 3. The number of amides is 1. The summed E-state index contributed by atoms with van der Waals surface area (Å²) in [6, 6.07) is 6.08. The van der Waals surface area contributed by atoms with E-state index in [9.17, 15) is 9.18 Å². The van der Waals surface area contributed by atoms with Crippen molar-refractivity contribution in [2.45, 2.75) is 0 Å². The maximum atomic E-state index is 13.2. The van der Waals surface area contributed by atoms with Crippen molar-refractivity contribution in [3.8, 4) is 0 Å². The second kappa shape index (κ2) is 6.19. The molecule has 1 aromatic carbocycles. The zero-order valence-corrected chi connectivity index (χ0v) is 12.7. The Morgan fingerprint density at radius 3 is 2.80 bits per heavy atom. The lowest BCUT2D eigenvalue weighted by Crippen LogP contribution is -2.15. The number of hydrogen-bond donors (Lipinski definition) is 2. The minimum Gasteiger partial charge on any atom is -0.372 e. The fourth-order valence-corrected chi connectivity index (χ4v) is 2.08. The van der Waals surface area contributed by atoms with Crippen LogP contribution in [-0.2, 0) is 0 Å². The van der Waals surface area contributed by atoms with Crippen molar-refractivity contribution in [3.63, 3.8) is 0 Å². The highest BCUT2D eigenvalue weighted by molar-refractivity contribution is 9.10. The molecule has 0 fully saturated rings. The van der Waals surface area contributed by atoms with Gasteiger partial charge in [0.25, 0.3) is 5.91 Å². The molecule has 2 rings (SSSR count). The Morgan fingerprint density at radius 2 is 2.15 bits per heavy atom. The summed E-state index contributed by atoms with van der Waals surface area (Å²) in [5.41, 5.74) is 0.663. The Labute approximate surface area is 128 Å². The Hall–Kier alpha value is -1.66. The van der Waals surface area contributed by atoms with Crippen LogP contribution in [-0.4, -0.2) is 17.9 Å². The lowest BCUT2D eigenvalue weighted by atomic mass is 10.2. The molecule has 0 radical (unpaired) electrons. The fourth-order valence-electron chi connectivity index (χ4n) is 1.58. The summed E-state index contributed by atoms with van der Waals surface area (Å²) in [6.45, 7) is 0. The summed E-state index contributed by atoms with van der Waals surface area (Å²) in [7, 11) is 1.61. The van der Waals surface area contributed by atoms with Gasteiger partial charge in [0.2, 0.25) is 0 Å². The normalized spacial score (nSPS) is 10.2. The SMILES string of the molecule is CNc1ncc(F)cc1C(=O)Nc1ccc(Cl)c(Br)c1. The molecule has 0 unspecified atom stereocenters. The van der Waals surface area contributed by atoms with E-state index in [0.29, 0.717) is 21.0 Å². The summed E-state index contributed by atoms with van der Waals surface area (Å²) in [6.07, 6.45) is 1.04. The highest BCUT2D eigenvalue weighted by atomic mass is 79.9. The number of carbonyl (C=O) groups is 1. The van der Waals surface area contributed by atoms with E-state index < -0.39 is 11.7 Å². The van der Waals surface area contributed by atoms with Gasteiger partial charge in [0.1, 0.15) is 11.6 Å². The van der Waals surface area contributed by atoms with Gasteiger partial charge >= 0.3 is 0 Å². The molecule has 0 saturated carbocycles. The first-order chi connectivity index (χ1) is 9.51. The molecular weight excluding hydrogens is 349 g/mol. The predicted octanol–water partition coefficient (Wildman–Crippen LogP) is 3.93. The fraction of sp³-hybridized carbons (Fsp3) is 0.0769. The van der Waals surface area contributed by atoms with E-state index in [2.05, 4.69) is 31.5 Å². The molecule has 0 spiro atoms. The molecule has 2 aromatic rings. The average Bonchev–Trinajstić information content (AvgIpc) is 2.43. The second-order valence-corrected chi connectivity index (χ2v) is 5.14. The largest absolute Gasteiger partial charge is 0.372 e. The summed E-state index contributed by atoms with van der Waals surface area (Å²) in [5, 5.41) is 5.93. The van der Waals surface area contributed by atoms with E-state index >= 15 is 0 Å². The van der Waals surface area contributed by atoms with Gasteiger partial charge in [0, 0.05) is 17.2 Å². The van der Waals surface area contributed by atoms with E-state index in [-0.39, 0.29) is 5.56 Å². The molecule has 0 aliphatic carbocycles. The third kappa shape index (κ3) is 3.26. The molecule has 7 heteroatoms. The van der Waals surface area contributed by atoms with Gasteiger partial charge in [0.05, 0.1) is 16.8 Å². The van der Waals surface area contributed by atoms with E-state index in [4.69, 9.17) is 11.6 Å². The molecule has 0 aliphatic heterocycles. The summed E-state index contributed by atoms with van der Waals surface area (Å²) < 4.78 is 13.9. The van der Waals surface area contributed by atoms with Crippen molar-refractivity contribution in [3.05, 3.63) is 51.3 Å². The van der Waals surface area contributed by atoms with Gasteiger partial charge in [0.15, 0.2) is 0 Å². The number of benzene rings is 1. The summed E-state index contributed by atoms with van der Waals surface area (Å²) in [4.78, 5) is 15.9. The number of pyridine rings is 1. The predicted molar refractivity (Wildman–Crippen MR) is 80.8 cm³/mol. The average molecular weight is 359 g/mol. The number of rotatable bonds is 3. The Morgan fingerprint density at radius 1 is 1.40 bits per heavy atom. The lowest BCUT2D eigenvalue weighted by molar-refractivity contribution is 0.102. The van der Waals surface area contributed by atoms with Crippen molar-refractivity contribution in [1.29, 1.82) is 0 Å². The van der Waals surface area contributed by atoms with Gasteiger partial charge < -0.3 is 10.6 Å². The van der Waals surface area contributed by atoms with E-state index in [1.807, 2.05) is 0 Å². The summed E-state index contributed by atoms with van der Waals surface area (Å²) >= 11 is 9.14. The topological polar surface area (TPSA) is 54.0 Å². The maximum Gasteiger partial charge on any atom is 0.259 e. The second-order valence-electron chi connectivity index (χ2n) is 3.88. The monoisotopic (exact) mass is 357 g/mol. The van der Waals surface area contributed by atoms with E-state index in [0.717, 1.165) is 12.3 Å². The van der Waals surface area contributed by atoms with E-state index in [1.54, 1.807) is 25.2 Å². The number of halogens is 3. The molecule has 0 bridgehead atoms. The van der Waals surface area contributed by atoms with Crippen LogP contribution in [0.5, 0.6) is 0 Å². The molecule has 1 amide bonds. The molecular formula is C13H10BrClFN3O. The number of nitrogens with zero attached hydrogens (tertiary/aromatic N) is 1. The molecule has 4 nitrogen and oxygen atoms in total. The molecule has 2 N–H and O–H groups in total. The number of carbonyl (C=O) groups excluding carboxylic acids is 1. The zero-order chi connectivity index (χ0) is 14.7. The van der Waals surface area contributed by atoms with Gasteiger partial charge in [-0.05, 0) is 40.2 Å². The molecule has 0 saturated heterocycles. The molecule has 1 aromatic heterocycles. The number of anilines is 2. The zero-order valence-electron chi connectivity index (χ0n) is 10.4. The van der Waals surface area contributed by atoms with Crippen LogP contribution < -0.4 is 10.6 Å². The molecule has 20 heavy (non-hydrogen) atoms. The Balaban J connectivity index is 2.27. The van der Waals surface area contributed by atoms with Gasteiger partial charge in [-0.1, -0.05) is 11.6 Å². The lowest BCUT2D eigenvalue weighted by Gasteiger charge is -2.09. The molecule has 104 valence electrons. The van der Waals surface area contributed by atoms with Crippen molar-refractivity contribution >= 4 is 44.9 Å². The van der Waals surface area contributed by atoms with Crippen molar-refractivity contribution in [2.24, 2.45) is 0 Å². The van der Waals surface area contributed by atoms with Gasteiger partial charge in [-0.3, -0.25) is 4.79 Å². The van der Waals surface area contributed by atoms with Crippen LogP contribution in [0, 0.1) is 5.82 Å². The smallest absolute Gasteiger partial charge is 0.259 e. The highest BCUT2D eigenvalue weighted by Gasteiger charge is 2.14.